The van der Waals surface area contributed by atoms with Crippen LogP contribution < -0.4 is 11.1 Å². The molecule has 1 atom stereocenters. The molecule has 1 aliphatic rings. The molecule has 0 bridgehead atoms. The maximum atomic E-state index is 11.4. The molecule has 1 aromatic heterocycles. The van der Waals surface area contributed by atoms with Crippen LogP contribution in [0, 0.1) is 5.92 Å². The average Bonchev–Trinajstić information content (AvgIpc) is 3.24. The number of aliphatic imine (C=N–C) groups is 1. The van der Waals surface area contributed by atoms with E-state index in [0.29, 0.717) is 13.0 Å². The van der Waals surface area contributed by atoms with Crippen LogP contribution in [0.1, 0.15) is 25.0 Å². The van der Waals surface area contributed by atoms with Crippen molar-refractivity contribution < 1.29 is 9.21 Å². The number of nitrogens with one attached hydrogen (secondary N) is 1. The molecule has 9 heteroatoms. The van der Waals surface area contributed by atoms with Crippen LogP contribution in [0.5, 0.6) is 0 Å². The molecule has 31 heavy (non-hydrogen) atoms. The van der Waals surface area contributed by atoms with Crippen LogP contribution in [-0.4, -0.2) is 48.7 Å². The first-order valence-electron chi connectivity index (χ1n) is 10.3. The Morgan fingerprint density at radius 3 is 2.84 bits per heavy atom. The predicted octanol–water partition coefficient (Wildman–Crippen LogP) is 4.42. The van der Waals surface area contributed by atoms with Crippen molar-refractivity contribution in [2.75, 3.05) is 31.9 Å². The van der Waals surface area contributed by atoms with E-state index in [2.05, 4.69) is 10.2 Å². The van der Waals surface area contributed by atoms with E-state index in [0.717, 1.165) is 61.4 Å². The lowest BCUT2D eigenvalue weighted by Gasteiger charge is -2.34. The van der Waals surface area contributed by atoms with E-state index in [9.17, 15) is 4.79 Å². The van der Waals surface area contributed by atoms with Crippen LogP contribution in [0.4, 0.5) is 0 Å². The molecule has 3 rings (SSSR count). The molecule has 1 fully saturated rings. The molecule has 1 saturated heterocycles. The number of amides is 1. The number of thioether (sulfide) groups is 1. The Morgan fingerprint density at radius 1 is 1.32 bits per heavy atom. The van der Waals surface area contributed by atoms with Crippen LogP contribution in [0.3, 0.4) is 0 Å². The maximum absolute atomic E-state index is 11.4. The minimum Gasteiger partial charge on any atom is -0.469 e. The van der Waals surface area contributed by atoms with E-state index in [1.807, 2.05) is 36.4 Å². The first kappa shape index (κ1) is 25.9. The molecule has 0 saturated carbocycles. The number of guanidine groups is 1. The molecule has 0 spiro atoms. The number of likely N-dealkylation sites (tertiary alicyclic amines) is 1. The van der Waals surface area contributed by atoms with Crippen molar-refractivity contribution in [3.63, 3.8) is 0 Å². The van der Waals surface area contributed by atoms with Crippen LogP contribution in [-0.2, 0) is 11.2 Å². The summed E-state index contributed by atoms with van der Waals surface area (Å²) in [5, 5.41) is 4.26. The van der Waals surface area contributed by atoms with Gasteiger partial charge in [-0.3, -0.25) is 9.79 Å². The summed E-state index contributed by atoms with van der Waals surface area (Å²) in [5.74, 6) is 2.80. The van der Waals surface area contributed by atoms with E-state index < -0.39 is 0 Å². The van der Waals surface area contributed by atoms with Crippen molar-refractivity contribution in [2.45, 2.75) is 30.6 Å². The number of primary amides is 1. The van der Waals surface area contributed by atoms with E-state index in [4.69, 9.17) is 26.7 Å². The highest BCUT2D eigenvalue weighted by molar-refractivity contribution is 14.0. The zero-order chi connectivity index (χ0) is 21.2. The lowest BCUT2D eigenvalue weighted by molar-refractivity contribution is -0.119. The number of carbonyl (C=O) groups excluding carboxylic acids is 1. The van der Waals surface area contributed by atoms with Crippen LogP contribution in [0.25, 0.3) is 0 Å². The van der Waals surface area contributed by atoms with Crippen LogP contribution >= 0.6 is 47.3 Å². The van der Waals surface area contributed by atoms with Gasteiger partial charge in [-0.1, -0.05) is 11.6 Å². The number of carbonyl (C=O) groups is 1. The summed E-state index contributed by atoms with van der Waals surface area (Å²) in [6, 6.07) is 11.7. The average molecular weight is 577 g/mol. The van der Waals surface area contributed by atoms with Gasteiger partial charge >= 0.3 is 0 Å². The Kier molecular flexibility index (Phi) is 11.6. The Morgan fingerprint density at radius 2 is 2.13 bits per heavy atom. The molecule has 1 unspecified atom stereocenters. The normalized spacial score (nSPS) is 16.6. The number of halogens is 2. The maximum Gasteiger partial charge on any atom is 0.217 e. The van der Waals surface area contributed by atoms with Gasteiger partial charge in [-0.05, 0) is 55.2 Å². The van der Waals surface area contributed by atoms with Crippen molar-refractivity contribution in [3.05, 3.63) is 53.4 Å². The van der Waals surface area contributed by atoms with Gasteiger partial charge < -0.3 is 20.4 Å². The molecular formula is C22H30ClIN4O2S. The smallest absolute Gasteiger partial charge is 0.217 e. The number of piperidine rings is 1. The first-order valence-corrected chi connectivity index (χ1v) is 11.7. The third-order valence-corrected chi connectivity index (χ3v) is 6.24. The second-order valence-electron chi connectivity index (χ2n) is 7.39. The summed E-state index contributed by atoms with van der Waals surface area (Å²) < 4.78 is 5.41. The zero-order valence-corrected chi connectivity index (χ0v) is 21.4. The fraction of sp³-hybridized carbons (Fsp3) is 0.455. The highest BCUT2D eigenvalue weighted by Crippen LogP contribution is 2.21. The molecule has 1 amide bonds. The van der Waals surface area contributed by atoms with E-state index in [-0.39, 0.29) is 35.8 Å². The third kappa shape index (κ3) is 9.33. The second kappa shape index (κ2) is 13.9. The van der Waals surface area contributed by atoms with E-state index >= 15 is 0 Å². The molecule has 0 radical (unpaired) electrons. The summed E-state index contributed by atoms with van der Waals surface area (Å²) in [5.41, 5.74) is 5.42. The quantitative estimate of drug-likeness (QED) is 0.152. The zero-order valence-electron chi connectivity index (χ0n) is 17.5. The monoisotopic (exact) mass is 576 g/mol. The van der Waals surface area contributed by atoms with Crippen molar-refractivity contribution in [3.8, 4) is 0 Å². The number of hydrogen-bond donors (Lipinski definition) is 2. The van der Waals surface area contributed by atoms with Gasteiger partial charge in [-0.2, -0.15) is 0 Å². The number of nitrogens with zero attached hydrogens (tertiary/aromatic N) is 2. The minimum absolute atomic E-state index is 0. The Bertz CT molecular complexity index is 817. The molecule has 2 heterocycles. The molecule has 1 aromatic carbocycles. The molecule has 2 aromatic rings. The lowest BCUT2D eigenvalue weighted by Crippen LogP contribution is -2.47. The van der Waals surface area contributed by atoms with Crippen LogP contribution in [0.15, 0.2) is 57.0 Å². The highest BCUT2D eigenvalue weighted by atomic mass is 127. The molecule has 1 aliphatic heterocycles. The largest absolute Gasteiger partial charge is 0.469 e. The van der Waals surface area contributed by atoms with Crippen molar-refractivity contribution in [2.24, 2.45) is 16.6 Å². The number of benzene rings is 1. The van der Waals surface area contributed by atoms with E-state index in [1.54, 1.807) is 18.0 Å². The lowest BCUT2D eigenvalue weighted by atomic mass is 9.95. The summed E-state index contributed by atoms with van der Waals surface area (Å²) in [4.78, 5) is 19.6. The molecule has 6 nitrogen and oxygen atoms in total. The van der Waals surface area contributed by atoms with Gasteiger partial charge in [0.1, 0.15) is 5.76 Å². The summed E-state index contributed by atoms with van der Waals surface area (Å²) in [6.45, 7) is 3.19. The number of hydrogen-bond acceptors (Lipinski definition) is 4. The fourth-order valence-corrected chi connectivity index (χ4v) is 4.46. The van der Waals surface area contributed by atoms with Gasteiger partial charge in [0.05, 0.1) is 6.26 Å². The molecular weight excluding hydrogens is 547 g/mol. The third-order valence-electron chi connectivity index (χ3n) is 4.98. The Balaban J connectivity index is 0.00000341. The Hall–Kier alpha value is -1.39. The molecule has 170 valence electrons. The van der Waals surface area contributed by atoms with Gasteiger partial charge in [0.25, 0.3) is 0 Å². The summed E-state index contributed by atoms with van der Waals surface area (Å²) in [7, 11) is 0. The highest BCUT2D eigenvalue weighted by Gasteiger charge is 2.23. The fourth-order valence-electron chi connectivity index (χ4n) is 3.57. The van der Waals surface area contributed by atoms with Crippen LogP contribution in [0.2, 0.25) is 5.02 Å². The predicted molar refractivity (Wildman–Crippen MR) is 138 cm³/mol. The number of furan rings is 1. The van der Waals surface area contributed by atoms with E-state index in [1.165, 1.54) is 4.90 Å². The SMILES string of the molecule is I.NC(=O)CC1CCCN(C(=NCCc2ccco2)NCCSc2ccc(Cl)cc2)C1. The van der Waals surface area contributed by atoms with Gasteiger partial charge in [0, 0.05) is 54.7 Å². The van der Waals surface area contributed by atoms with Crippen molar-refractivity contribution >= 4 is 59.2 Å². The summed E-state index contributed by atoms with van der Waals surface area (Å²) >= 11 is 7.73. The molecule has 3 N–H and O–H groups in total. The van der Waals surface area contributed by atoms with Gasteiger partial charge in [0.2, 0.25) is 5.91 Å². The molecule has 0 aliphatic carbocycles. The van der Waals surface area contributed by atoms with Gasteiger partial charge in [-0.15, -0.1) is 35.7 Å². The number of rotatable bonds is 9. The Labute approximate surface area is 210 Å². The number of nitrogens with two attached hydrogens (primary N) is 1. The topological polar surface area (TPSA) is 83.9 Å². The summed E-state index contributed by atoms with van der Waals surface area (Å²) in [6.07, 6.45) is 4.95. The standard InChI is InChI=1S/C22H29ClN4O2S.HI/c23-18-5-7-20(8-6-18)30-14-11-26-22(25-10-9-19-4-2-13-29-19)27-12-1-3-17(16-27)15-21(24)28;/h2,4-8,13,17H,1,3,9-12,14-16H2,(H2,24,28)(H,25,26);1H. The van der Waals surface area contributed by atoms with Gasteiger partial charge in [-0.25, -0.2) is 0 Å². The second-order valence-corrected chi connectivity index (χ2v) is 8.99. The van der Waals surface area contributed by atoms with Crippen molar-refractivity contribution in [1.29, 1.82) is 0 Å². The van der Waals surface area contributed by atoms with Crippen molar-refractivity contribution in [1.82, 2.24) is 10.2 Å². The minimum atomic E-state index is -0.231. The van der Waals surface area contributed by atoms with Gasteiger partial charge in [0.15, 0.2) is 5.96 Å². The first-order chi connectivity index (χ1) is 14.6.